The van der Waals surface area contributed by atoms with Crippen molar-refractivity contribution in [1.29, 1.82) is 0 Å². The highest BCUT2D eigenvalue weighted by Crippen LogP contribution is 2.49. The van der Waals surface area contributed by atoms with Crippen LogP contribution in [0.3, 0.4) is 0 Å². The molecule has 0 aromatic carbocycles. The molecule has 0 spiro atoms. The molecule has 0 radical (unpaired) electrons. The summed E-state index contributed by atoms with van der Waals surface area (Å²) in [6.45, 7) is 18.1. The topological polar surface area (TPSA) is 71.3 Å². The number of hydrogen-bond acceptors (Lipinski definition) is 3. The zero-order valence-electron chi connectivity index (χ0n) is 22.7. The van der Waals surface area contributed by atoms with Gasteiger partial charge in [0.2, 0.25) is 11.8 Å². The van der Waals surface area contributed by atoms with Gasteiger partial charge >= 0.3 is 0 Å². The molecule has 5 nitrogen and oxygen atoms in total. The molecule has 34 heavy (non-hydrogen) atoms. The Bertz CT molecular complexity index is 876. The number of nitrogens with one attached hydrogen (secondary N) is 2. The van der Waals surface area contributed by atoms with Gasteiger partial charge in [-0.25, -0.2) is 0 Å². The summed E-state index contributed by atoms with van der Waals surface area (Å²) in [5.41, 5.74) is 6.63. The van der Waals surface area contributed by atoms with Crippen LogP contribution in [-0.2, 0) is 16.0 Å². The Hall–Kier alpha value is -2.30. The molecule has 1 aliphatic carbocycles. The summed E-state index contributed by atoms with van der Waals surface area (Å²) >= 11 is 0. The van der Waals surface area contributed by atoms with Crippen molar-refractivity contribution < 1.29 is 14.0 Å². The van der Waals surface area contributed by atoms with E-state index in [1.165, 1.54) is 22.3 Å². The van der Waals surface area contributed by atoms with E-state index in [4.69, 9.17) is 4.42 Å². The Morgan fingerprint density at radius 2 is 1.71 bits per heavy atom. The normalized spacial score (nSPS) is 16.7. The first-order valence-corrected chi connectivity index (χ1v) is 12.8. The second kappa shape index (κ2) is 11.9. The van der Waals surface area contributed by atoms with Gasteiger partial charge in [-0.1, -0.05) is 51.7 Å². The number of amides is 2. The third-order valence-electron chi connectivity index (χ3n) is 7.81. The highest BCUT2D eigenvalue weighted by atomic mass is 16.3. The van der Waals surface area contributed by atoms with Gasteiger partial charge < -0.3 is 15.1 Å². The van der Waals surface area contributed by atoms with Crippen molar-refractivity contribution in [3.05, 3.63) is 46.4 Å². The van der Waals surface area contributed by atoms with Crippen LogP contribution < -0.4 is 10.6 Å². The quantitative estimate of drug-likeness (QED) is 0.342. The fourth-order valence-electron chi connectivity index (χ4n) is 4.84. The molecule has 1 heterocycles. The van der Waals surface area contributed by atoms with Crippen molar-refractivity contribution in [1.82, 2.24) is 10.6 Å². The predicted octanol–water partition coefficient (Wildman–Crippen LogP) is 6.50. The summed E-state index contributed by atoms with van der Waals surface area (Å²) < 4.78 is 5.09. The number of furan rings is 1. The fraction of sp³-hybridized carbons (Fsp3) is 0.655. The van der Waals surface area contributed by atoms with E-state index >= 15 is 0 Å². The van der Waals surface area contributed by atoms with Crippen molar-refractivity contribution in [2.24, 2.45) is 10.8 Å². The van der Waals surface area contributed by atoms with Gasteiger partial charge in [0.25, 0.3) is 0 Å². The van der Waals surface area contributed by atoms with Gasteiger partial charge in [-0.3, -0.25) is 9.59 Å². The van der Waals surface area contributed by atoms with Gasteiger partial charge in [-0.15, -0.1) is 0 Å². The average Bonchev–Trinajstić information content (AvgIpc) is 3.34. The van der Waals surface area contributed by atoms with Gasteiger partial charge in [0.05, 0.1) is 12.5 Å². The number of carbonyl (C=O) groups is 2. The largest absolute Gasteiger partial charge is 0.472 e. The Morgan fingerprint density at radius 3 is 2.26 bits per heavy atom. The molecule has 0 fully saturated rings. The van der Waals surface area contributed by atoms with E-state index in [0.717, 1.165) is 31.2 Å². The van der Waals surface area contributed by atoms with Gasteiger partial charge in [-0.05, 0) is 81.6 Å². The molecule has 2 rings (SSSR count). The van der Waals surface area contributed by atoms with Crippen molar-refractivity contribution in [2.75, 3.05) is 6.54 Å². The number of carbonyl (C=O) groups excluding carboxylic acids is 2. The molecule has 1 aromatic rings. The standard InChI is InChI=1S/C29H46N2O3/c1-20-21(2)23(4)29(8,22(20)3)16-12-26(32)31-25(11-9-10-15-28(5,6)7)27(33)30-17-13-24-14-18-34-19-24/h14,18-19,25H,9-13,15-17H2,1-8H3,(H,30,33)(H,31,32)/t25-/m0/s1. The minimum atomic E-state index is -0.495. The van der Waals surface area contributed by atoms with Gasteiger partial charge in [0.15, 0.2) is 0 Å². The zero-order valence-corrected chi connectivity index (χ0v) is 22.7. The minimum Gasteiger partial charge on any atom is -0.472 e. The van der Waals surface area contributed by atoms with Crippen molar-refractivity contribution in [3.63, 3.8) is 0 Å². The molecule has 5 heteroatoms. The zero-order chi connectivity index (χ0) is 25.5. The molecule has 0 aliphatic heterocycles. The Balaban J connectivity index is 1.94. The van der Waals surface area contributed by atoms with Crippen LogP contribution in [0.15, 0.2) is 45.3 Å². The van der Waals surface area contributed by atoms with Crippen molar-refractivity contribution in [3.8, 4) is 0 Å². The molecule has 1 aliphatic rings. The number of hydrogen-bond donors (Lipinski definition) is 2. The lowest BCUT2D eigenvalue weighted by molar-refractivity contribution is -0.129. The average molecular weight is 471 g/mol. The van der Waals surface area contributed by atoms with Gasteiger partial charge in [0, 0.05) is 18.4 Å². The first-order chi connectivity index (χ1) is 15.8. The van der Waals surface area contributed by atoms with Crippen molar-refractivity contribution in [2.45, 2.75) is 106 Å². The molecule has 2 amide bonds. The molecule has 2 N–H and O–H groups in total. The maximum Gasteiger partial charge on any atom is 0.242 e. The Morgan fingerprint density at radius 1 is 1.06 bits per heavy atom. The molecular formula is C29H46N2O3. The minimum absolute atomic E-state index is 0.0464. The molecule has 190 valence electrons. The van der Waals surface area contributed by atoms with Gasteiger partial charge in [0.1, 0.15) is 6.04 Å². The number of rotatable bonds is 12. The second-order valence-corrected chi connectivity index (χ2v) is 11.4. The Kier molecular flexibility index (Phi) is 9.78. The summed E-state index contributed by atoms with van der Waals surface area (Å²) in [6, 6.07) is 1.41. The molecule has 0 saturated heterocycles. The highest BCUT2D eigenvalue weighted by Gasteiger charge is 2.36. The molecule has 1 atom stereocenters. The van der Waals surface area contributed by atoms with Crippen molar-refractivity contribution >= 4 is 11.8 Å². The summed E-state index contributed by atoms with van der Waals surface area (Å²) in [6.07, 6.45) is 8.92. The maximum absolute atomic E-state index is 13.0. The Labute approximate surface area is 206 Å². The van der Waals surface area contributed by atoms with Crippen LogP contribution in [0, 0.1) is 10.8 Å². The third-order valence-corrected chi connectivity index (χ3v) is 7.81. The number of unbranched alkanes of at least 4 members (excludes halogenated alkanes) is 1. The number of allylic oxidation sites excluding steroid dienone is 4. The molecular weight excluding hydrogens is 424 g/mol. The first-order valence-electron chi connectivity index (χ1n) is 12.8. The van der Waals surface area contributed by atoms with Crippen LogP contribution in [0.2, 0.25) is 0 Å². The monoisotopic (exact) mass is 470 g/mol. The second-order valence-electron chi connectivity index (χ2n) is 11.4. The van der Waals surface area contributed by atoms with E-state index < -0.39 is 6.04 Å². The molecule has 1 aromatic heterocycles. The van der Waals surface area contributed by atoms with E-state index in [9.17, 15) is 9.59 Å². The van der Waals surface area contributed by atoms with Crippen LogP contribution >= 0.6 is 0 Å². The third kappa shape index (κ3) is 7.61. The lowest BCUT2D eigenvalue weighted by Crippen LogP contribution is -2.47. The summed E-state index contributed by atoms with van der Waals surface area (Å²) in [4.78, 5) is 25.9. The smallest absolute Gasteiger partial charge is 0.242 e. The summed E-state index contributed by atoms with van der Waals surface area (Å²) in [7, 11) is 0. The van der Waals surface area contributed by atoms with Crippen LogP contribution in [0.5, 0.6) is 0 Å². The lowest BCUT2D eigenvalue weighted by Gasteiger charge is -2.29. The molecule has 0 saturated carbocycles. The van der Waals surface area contributed by atoms with E-state index in [2.05, 4.69) is 66.0 Å². The van der Waals surface area contributed by atoms with Crippen LogP contribution in [0.25, 0.3) is 0 Å². The van der Waals surface area contributed by atoms with E-state index in [1.54, 1.807) is 12.5 Å². The van der Waals surface area contributed by atoms with E-state index in [-0.39, 0.29) is 22.6 Å². The SMILES string of the molecule is CC1=C(C)C(C)(CCC(=O)N[C@@H](CCCCC(C)(C)C)C(=O)NCCc2ccoc2)C(C)=C1C. The van der Waals surface area contributed by atoms with Crippen LogP contribution in [0.4, 0.5) is 0 Å². The van der Waals surface area contributed by atoms with Gasteiger partial charge in [-0.2, -0.15) is 0 Å². The summed E-state index contributed by atoms with van der Waals surface area (Å²) in [5, 5.41) is 6.05. The molecule has 0 unspecified atom stereocenters. The van der Waals surface area contributed by atoms with Crippen LogP contribution in [0.1, 0.15) is 99.5 Å². The highest BCUT2D eigenvalue weighted by molar-refractivity contribution is 5.87. The fourth-order valence-corrected chi connectivity index (χ4v) is 4.84. The maximum atomic E-state index is 13.0. The first kappa shape index (κ1) is 27.9. The lowest BCUT2D eigenvalue weighted by atomic mass is 9.75. The summed E-state index contributed by atoms with van der Waals surface area (Å²) in [5.74, 6) is -0.145. The van der Waals surface area contributed by atoms with E-state index in [0.29, 0.717) is 25.8 Å². The van der Waals surface area contributed by atoms with E-state index in [1.807, 2.05) is 6.07 Å². The van der Waals surface area contributed by atoms with Crippen LogP contribution in [-0.4, -0.2) is 24.4 Å². The molecule has 0 bridgehead atoms. The predicted molar refractivity (Wildman–Crippen MR) is 139 cm³/mol.